The van der Waals surface area contributed by atoms with E-state index in [1.807, 2.05) is 0 Å². The summed E-state index contributed by atoms with van der Waals surface area (Å²) in [4.78, 5) is 10.3. The maximum atomic E-state index is 12.6. The molecule has 0 radical (unpaired) electrons. The Labute approximate surface area is 78.9 Å². The maximum absolute atomic E-state index is 12.6. The third kappa shape index (κ3) is 2.42. The molecule has 1 heterocycles. The van der Waals surface area contributed by atoms with E-state index in [1.165, 1.54) is 10.9 Å². The number of nitrogens with zero attached hydrogens (tertiary/aromatic N) is 2. The highest BCUT2D eigenvalue weighted by Crippen LogP contribution is 2.16. The molecule has 1 unspecified atom stereocenters. The topological polar surface area (TPSA) is 55.1 Å². The van der Waals surface area contributed by atoms with Crippen LogP contribution in [0.15, 0.2) is 6.20 Å². The maximum Gasteiger partial charge on any atom is 0.305 e. The molecule has 0 aliphatic carbocycles. The second kappa shape index (κ2) is 3.74. The van der Waals surface area contributed by atoms with Crippen LogP contribution in [0, 0.1) is 5.95 Å². The molecule has 4 nitrogen and oxygen atoms in total. The molecule has 1 aromatic rings. The average Bonchev–Trinajstić information content (AvgIpc) is 2.31. The molecule has 13 heavy (non-hydrogen) atoms. The molecule has 0 bridgehead atoms. The van der Waals surface area contributed by atoms with E-state index in [1.54, 1.807) is 6.92 Å². The van der Waals surface area contributed by atoms with Gasteiger partial charge in [-0.1, -0.05) is 11.6 Å². The summed E-state index contributed by atoms with van der Waals surface area (Å²) in [5.74, 6) is -1.74. The van der Waals surface area contributed by atoms with Crippen LogP contribution in [0.1, 0.15) is 19.4 Å². The fourth-order valence-electron chi connectivity index (χ4n) is 0.919. The number of carbonyl (C=O) groups is 1. The summed E-state index contributed by atoms with van der Waals surface area (Å²) in [5.41, 5.74) is 0. The van der Waals surface area contributed by atoms with Gasteiger partial charge in [-0.3, -0.25) is 9.48 Å². The zero-order valence-corrected chi connectivity index (χ0v) is 7.62. The number of aliphatic carboxylic acids is 1. The standard InChI is InChI=1S/C7H8ClFN2O2/c1-4(2-6(12)13)11-3-5(8)7(9)10-11/h3-4H,2H2,1H3,(H,12,13). The van der Waals surface area contributed by atoms with Crippen molar-refractivity contribution in [3.8, 4) is 0 Å². The molecule has 1 atom stereocenters. The molecule has 0 fully saturated rings. The van der Waals surface area contributed by atoms with Crippen molar-refractivity contribution in [3.05, 3.63) is 17.2 Å². The average molecular weight is 207 g/mol. The molecular weight excluding hydrogens is 199 g/mol. The molecule has 0 saturated carbocycles. The van der Waals surface area contributed by atoms with Crippen molar-refractivity contribution in [2.24, 2.45) is 0 Å². The Hall–Kier alpha value is -1.10. The first-order chi connectivity index (χ1) is 6.00. The van der Waals surface area contributed by atoms with E-state index in [0.717, 1.165) is 0 Å². The molecule has 0 amide bonds. The van der Waals surface area contributed by atoms with Crippen molar-refractivity contribution in [3.63, 3.8) is 0 Å². The highest BCUT2D eigenvalue weighted by Gasteiger charge is 2.13. The van der Waals surface area contributed by atoms with E-state index in [-0.39, 0.29) is 11.4 Å². The van der Waals surface area contributed by atoms with E-state index in [2.05, 4.69) is 5.10 Å². The number of rotatable bonds is 3. The quantitative estimate of drug-likeness (QED) is 0.819. The van der Waals surface area contributed by atoms with Gasteiger partial charge in [-0.05, 0) is 6.92 Å². The monoisotopic (exact) mass is 206 g/mol. The molecule has 1 rings (SSSR count). The van der Waals surface area contributed by atoms with Gasteiger partial charge >= 0.3 is 5.97 Å². The number of carboxylic acid groups (broad SMARTS) is 1. The van der Waals surface area contributed by atoms with Crippen LogP contribution in [0.4, 0.5) is 4.39 Å². The van der Waals surface area contributed by atoms with Crippen molar-refractivity contribution < 1.29 is 14.3 Å². The SMILES string of the molecule is CC(CC(=O)O)n1cc(Cl)c(F)n1. The summed E-state index contributed by atoms with van der Waals surface area (Å²) < 4.78 is 13.8. The number of hydrogen-bond acceptors (Lipinski definition) is 2. The van der Waals surface area contributed by atoms with Crippen molar-refractivity contribution in [1.82, 2.24) is 9.78 Å². The number of halogens is 2. The molecule has 0 aliphatic heterocycles. The van der Waals surface area contributed by atoms with E-state index < -0.39 is 18.0 Å². The van der Waals surface area contributed by atoms with Gasteiger partial charge in [0.15, 0.2) is 0 Å². The van der Waals surface area contributed by atoms with Gasteiger partial charge in [-0.25, -0.2) is 0 Å². The number of aromatic nitrogens is 2. The van der Waals surface area contributed by atoms with Crippen LogP contribution in [0.25, 0.3) is 0 Å². The van der Waals surface area contributed by atoms with Crippen LogP contribution >= 0.6 is 11.6 Å². The van der Waals surface area contributed by atoms with Crippen LogP contribution < -0.4 is 0 Å². The van der Waals surface area contributed by atoms with Gasteiger partial charge in [0, 0.05) is 6.20 Å². The summed E-state index contributed by atoms with van der Waals surface area (Å²) in [6.45, 7) is 1.62. The highest BCUT2D eigenvalue weighted by atomic mass is 35.5. The third-order valence-electron chi connectivity index (χ3n) is 1.57. The summed E-state index contributed by atoms with van der Waals surface area (Å²) in [6.07, 6.45) is 1.15. The van der Waals surface area contributed by atoms with E-state index in [9.17, 15) is 9.18 Å². The number of carboxylic acids is 1. The molecule has 1 aromatic heterocycles. The van der Waals surface area contributed by atoms with Gasteiger partial charge < -0.3 is 5.11 Å². The Kier molecular flexibility index (Phi) is 2.87. The molecule has 0 saturated heterocycles. The first kappa shape index (κ1) is 9.98. The minimum absolute atomic E-state index is 0.0998. The van der Waals surface area contributed by atoms with Gasteiger partial charge in [0.25, 0.3) is 5.95 Å². The van der Waals surface area contributed by atoms with Crippen molar-refractivity contribution in [2.75, 3.05) is 0 Å². The van der Waals surface area contributed by atoms with E-state index in [4.69, 9.17) is 16.7 Å². The van der Waals surface area contributed by atoms with Crippen molar-refractivity contribution >= 4 is 17.6 Å². The summed E-state index contributed by atoms with van der Waals surface area (Å²) >= 11 is 5.40. The lowest BCUT2D eigenvalue weighted by Gasteiger charge is -2.07. The van der Waals surface area contributed by atoms with E-state index >= 15 is 0 Å². The molecule has 0 spiro atoms. The highest BCUT2D eigenvalue weighted by molar-refractivity contribution is 6.30. The molecule has 0 aromatic carbocycles. The first-order valence-electron chi connectivity index (χ1n) is 3.62. The molecule has 72 valence electrons. The lowest BCUT2D eigenvalue weighted by molar-refractivity contribution is -0.137. The zero-order valence-electron chi connectivity index (χ0n) is 6.87. The van der Waals surface area contributed by atoms with Crippen molar-refractivity contribution in [2.45, 2.75) is 19.4 Å². The Morgan fingerprint density at radius 3 is 2.92 bits per heavy atom. The Morgan fingerprint density at radius 2 is 2.54 bits per heavy atom. The number of hydrogen-bond donors (Lipinski definition) is 1. The molecule has 1 N–H and O–H groups in total. The second-order valence-corrected chi connectivity index (χ2v) is 3.10. The van der Waals surface area contributed by atoms with Gasteiger partial charge in [0.05, 0.1) is 12.5 Å². The van der Waals surface area contributed by atoms with Gasteiger partial charge in [-0.15, -0.1) is 5.10 Å². The summed E-state index contributed by atoms with van der Waals surface area (Å²) in [7, 11) is 0. The smallest absolute Gasteiger partial charge is 0.305 e. The normalized spacial score (nSPS) is 12.8. The fraction of sp³-hybridized carbons (Fsp3) is 0.429. The third-order valence-corrected chi connectivity index (χ3v) is 1.82. The van der Waals surface area contributed by atoms with Crippen LogP contribution in [-0.2, 0) is 4.79 Å². The van der Waals surface area contributed by atoms with E-state index in [0.29, 0.717) is 0 Å². The Balaban J connectivity index is 2.77. The first-order valence-corrected chi connectivity index (χ1v) is 4.00. The van der Waals surface area contributed by atoms with Crippen molar-refractivity contribution in [1.29, 1.82) is 0 Å². The van der Waals surface area contributed by atoms with Crippen LogP contribution in [0.3, 0.4) is 0 Å². The molecule has 0 aliphatic rings. The lowest BCUT2D eigenvalue weighted by atomic mass is 10.2. The van der Waals surface area contributed by atoms with Crippen LogP contribution in [0.5, 0.6) is 0 Å². The summed E-state index contributed by atoms with van der Waals surface area (Å²) in [6, 6.07) is -0.403. The minimum Gasteiger partial charge on any atom is -0.481 e. The van der Waals surface area contributed by atoms with Gasteiger partial charge in [0.1, 0.15) is 5.02 Å². The predicted molar refractivity (Wildman–Crippen MR) is 44.2 cm³/mol. The Morgan fingerprint density at radius 1 is 1.92 bits per heavy atom. The molecule has 6 heteroatoms. The largest absolute Gasteiger partial charge is 0.481 e. The Bertz CT molecular complexity index is 307. The lowest BCUT2D eigenvalue weighted by Crippen LogP contribution is -2.11. The predicted octanol–water partition coefficient (Wildman–Crippen LogP) is 1.71. The van der Waals surface area contributed by atoms with Crippen LogP contribution in [-0.4, -0.2) is 20.9 Å². The van der Waals surface area contributed by atoms with Gasteiger partial charge in [0.2, 0.25) is 0 Å². The zero-order chi connectivity index (χ0) is 10.0. The van der Waals surface area contributed by atoms with Gasteiger partial charge in [-0.2, -0.15) is 4.39 Å². The second-order valence-electron chi connectivity index (χ2n) is 2.69. The minimum atomic E-state index is -0.959. The fourth-order valence-corrected chi connectivity index (χ4v) is 1.06. The summed E-state index contributed by atoms with van der Waals surface area (Å²) in [5, 5.41) is 11.8. The molecular formula is C7H8ClFN2O2. The van der Waals surface area contributed by atoms with Crippen LogP contribution in [0.2, 0.25) is 5.02 Å².